The van der Waals surface area contributed by atoms with Gasteiger partial charge < -0.3 is 9.63 Å². The van der Waals surface area contributed by atoms with Crippen LogP contribution in [-0.2, 0) is 6.42 Å². The third-order valence-electron chi connectivity index (χ3n) is 4.62. The second kappa shape index (κ2) is 5.47. The van der Waals surface area contributed by atoms with E-state index in [0.717, 1.165) is 31.5 Å². The van der Waals surface area contributed by atoms with Crippen molar-refractivity contribution >= 4 is 0 Å². The number of aliphatic hydroxyl groups is 1. The highest BCUT2D eigenvalue weighted by molar-refractivity contribution is 4.98. The van der Waals surface area contributed by atoms with Gasteiger partial charge in [-0.3, -0.25) is 0 Å². The molecule has 1 aromatic rings. The first-order valence-electron chi connectivity index (χ1n) is 7.74. The summed E-state index contributed by atoms with van der Waals surface area (Å²) in [5, 5.41) is 14.7. The molecule has 4 heteroatoms. The molecule has 0 amide bonds. The minimum absolute atomic E-state index is 0.263. The quantitative estimate of drug-likeness (QED) is 0.917. The van der Waals surface area contributed by atoms with Gasteiger partial charge in [0, 0.05) is 5.92 Å². The van der Waals surface area contributed by atoms with Gasteiger partial charge in [0.15, 0.2) is 5.82 Å². The Balaban J connectivity index is 1.96. The highest BCUT2D eigenvalue weighted by Crippen LogP contribution is 2.42. The molecule has 0 aliphatic heterocycles. The summed E-state index contributed by atoms with van der Waals surface area (Å²) < 4.78 is 5.27. The lowest BCUT2D eigenvalue weighted by Gasteiger charge is -2.40. The largest absolute Gasteiger partial charge is 0.389 e. The van der Waals surface area contributed by atoms with Crippen molar-refractivity contribution in [1.82, 2.24) is 10.1 Å². The Morgan fingerprint density at radius 2 is 1.90 bits per heavy atom. The predicted octanol–water partition coefficient (Wildman–Crippen LogP) is 3.70. The van der Waals surface area contributed by atoms with E-state index in [1.54, 1.807) is 0 Å². The maximum atomic E-state index is 10.7. The second-order valence-corrected chi connectivity index (χ2v) is 7.74. The Labute approximate surface area is 122 Å². The molecule has 1 aromatic heterocycles. The van der Waals surface area contributed by atoms with Crippen LogP contribution in [0.25, 0.3) is 0 Å². The smallest absolute Gasteiger partial charge is 0.229 e. The summed E-state index contributed by atoms with van der Waals surface area (Å²) in [6.07, 6.45) is 4.29. The number of rotatable bonds is 3. The Morgan fingerprint density at radius 3 is 2.35 bits per heavy atom. The summed E-state index contributed by atoms with van der Waals surface area (Å²) in [6, 6.07) is 0. The average molecular weight is 280 g/mol. The van der Waals surface area contributed by atoms with E-state index in [2.05, 4.69) is 30.9 Å². The molecule has 1 saturated carbocycles. The van der Waals surface area contributed by atoms with Gasteiger partial charge in [0.2, 0.25) is 5.89 Å². The maximum absolute atomic E-state index is 10.7. The van der Waals surface area contributed by atoms with E-state index in [1.165, 1.54) is 0 Å². The lowest BCUT2D eigenvalue weighted by molar-refractivity contribution is -0.0293. The molecule has 1 fully saturated rings. The third-order valence-corrected chi connectivity index (χ3v) is 4.62. The fraction of sp³-hybridized carbons (Fsp3) is 0.875. The van der Waals surface area contributed by atoms with E-state index in [4.69, 9.17) is 4.52 Å². The lowest BCUT2D eigenvalue weighted by Crippen LogP contribution is -2.39. The molecule has 0 atom stereocenters. The molecule has 1 N–H and O–H groups in total. The average Bonchev–Trinajstić information content (AvgIpc) is 2.76. The van der Waals surface area contributed by atoms with Gasteiger partial charge in [-0.25, -0.2) is 0 Å². The van der Waals surface area contributed by atoms with Crippen LogP contribution in [0.5, 0.6) is 0 Å². The SMILES string of the molecule is CC(C)c1noc(CC2(O)CCC(C(C)(C)C)CC2)n1. The van der Waals surface area contributed by atoms with Gasteiger partial charge >= 0.3 is 0 Å². The zero-order valence-electron chi connectivity index (χ0n) is 13.4. The van der Waals surface area contributed by atoms with Crippen molar-refractivity contribution < 1.29 is 9.63 Å². The molecule has 0 spiro atoms. The molecule has 0 saturated heterocycles. The molecule has 0 radical (unpaired) electrons. The van der Waals surface area contributed by atoms with Crippen LogP contribution in [0.3, 0.4) is 0 Å². The Bertz CT molecular complexity index is 438. The highest BCUT2D eigenvalue weighted by Gasteiger charge is 2.38. The van der Waals surface area contributed by atoms with Crippen molar-refractivity contribution in [2.24, 2.45) is 11.3 Å². The fourth-order valence-electron chi connectivity index (χ4n) is 3.05. The molecule has 1 heterocycles. The first kappa shape index (κ1) is 15.5. The van der Waals surface area contributed by atoms with Crippen molar-refractivity contribution in [1.29, 1.82) is 0 Å². The molecule has 1 aliphatic rings. The summed E-state index contributed by atoms with van der Waals surface area (Å²) in [5.41, 5.74) is -0.334. The molecule has 4 nitrogen and oxygen atoms in total. The zero-order valence-corrected chi connectivity index (χ0v) is 13.4. The molecular formula is C16H28N2O2. The predicted molar refractivity (Wildman–Crippen MR) is 78.5 cm³/mol. The second-order valence-electron chi connectivity index (χ2n) is 7.74. The van der Waals surface area contributed by atoms with E-state index in [1.807, 2.05) is 13.8 Å². The van der Waals surface area contributed by atoms with Crippen molar-refractivity contribution in [3.05, 3.63) is 11.7 Å². The van der Waals surface area contributed by atoms with Crippen molar-refractivity contribution in [2.45, 2.75) is 78.2 Å². The normalized spacial score (nSPS) is 28.1. The van der Waals surface area contributed by atoms with Gasteiger partial charge in [-0.15, -0.1) is 0 Å². The van der Waals surface area contributed by atoms with Crippen molar-refractivity contribution in [3.63, 3.8) is 0 Å². The Kier molecular flexibility index (Phi) is 4.24. The van der Waals surface area contributed by atoms with Crippen LogP contribution in [0.15, 0.2) is 4.52 Å². The topological polar surface area (TPSA) is 59.2 Å². The maximum Gasteiger partial charge on any atom is 0.229 e. The monoisotopic (exact) mass is 280 g/mol. The van der Waals surface area contributed by atoms with Crippen LogP contribution in [0.4, 0.5) is 0 Å². The minimum Gasteiger partial charge on any atom is -0.389 e. The molecule has 1 aliphatic carbocycles. The van der Waals surface area contributed by atoms with Gasteiger partial charge in [0.1, 0.15) is 0 Å². The minimum atomic E-state index is -0.664. The van der Waals surface area contributed by atoms with Crippen LogP contribution in [0.2, 0.25) is 0 Å². The molecule has 20 heavy (non-hydrogen) atoms. The molecule has 0 bridgehead atoms. The Hall–Kier alpha value is -0.900. The van der Waals surface area contributed by atoms with Crippen LogP contribution < -0.4 is 0 Å². The first-order valence-corrected chi connectivity index (χ1v) is 7.74. The van der Waals surface area contributed by atoms with Crippen molar-refractivity contribution in [3.8, 4) is 0 Å². The summed E-state index contributed by atoms with van der Waals surface area (Å²) in [6.45, 7) is 10.9. The van der Waals surface area contributed by atoms with Crippen LogP contribution in [-0.4, -0.2) is 20.8 Å². The van der Waals surface area contributed by atoms with Gasteiger partial charge in [0.25, 0.3) is 0 Å². The first-order chi connectivity index (χ1) is 9.20. The summed E-state index contributed by atoms with van der Waals surface area (Å²) in [5.74, 6) is 2.26. The standard InChI is InChI=1S/C16H28N2O2/c1-11(2)14-17-13(20-18-14)10-16(19)8-6-12(7-9-16)15(3,4)5/h11-12,19H,6-10H2,1-5H3. The summed E-state index contributed by atoms with van der Waals surface area (Å²) in [4.78, 5) is 4.38. The molecule has 0 unspecified atom stereocenters. The van der Waals surface area contributed by atoms with Crippen molar-refractivity contribution in [2.75, 3.05) is 0 Å². The summed E-state index contributed by atoms with van der Waals surface area (Å²) >= 11 is 0. The van der Waals surface area contributed by atoms with E-state index in [-0.39, 0.29) is 5.92 Å². The van der Waals surface area contributed by atoms with Gasteiger partial charge in [-0.05, 0) is 37.0 Å². The van der Waals surface area contributed by atoms with E-state index < -0.39 is 5.60 Å². The van der Waals surface area contributed by atoms with Crippen LogP contribution in [0, 0.1) is 11.3 Å². The van der Waals surface area contributed by atoms with Crippen LogP contribution >= 0.6 is 0 Å². The van der Waals surface area contributed by atoms with E-state index >= 15 is 0 Å². The summed E-state index contributed by atoms with van der Waals surface area (Å²) in [7, 11) is 0. The molecule has 0 aromatic carbocycles. The van der Waals surface area contributed by atoms with Gasteiger partial charge in [-0.1, -0.05) is 39.8 Å². The molecular weight excluding hydrogens is 252 g/mol. The van der Waals surface area contributed by atoms with Gasteiger partial charge in [0.05, 0.1) is 12.0 Å². The number of hydrogen-bond acceptors (Lipinski definition) is 4. The highest BCUT2D eigenvalue weighted by atomic mass is 16.5. The zero-order chi connectivity index (χ0) is 15.0. The number of nitrogens with zero attached hydrogens (tertiary/aromatic N) is 2. The lowest BCUT2D eigenvalue weighted by atomic mass is 9.68. The van der Waals surface area contributed by atoms with E-state index in [0.29, 0.717) is 23.6 Å². The Morgan fingerprint density at radius 1 is 1.30 bits per heavy atom. The van der Waals surface area contributed by atoms with Crippen LogP contribution in [0.1, 0.15) is 77.9 Å². The molecule has 114 valence electrons. The third kappa shape index (κ3) is 3.60. The van der Waals surface area contributed by atoms with E-state index in [9.17, 15) is 5.11 Å². The fourth-order valence-corrected chi connectivity index (χ4v) is 3.05. The molecule has 2 rings (SSSR count). The number of hydrogen-bond donors (Lipinski definition) is 1. The van der Waals surface area contributed by atoms with Gasteiger partial charge in [-0.2, -0.15) is 4.98 Å². The number of aromatic nitrogens is 2.